The lowest BCUT2D eigenvalue weighted by Gasteiger charge is -2.04. The Kier molecular flexibility index (Phi) is 3.27. The van der Waals surface area contributed by atoms with Crippen LogP contribution >= 0.6 is 12.6 Å². The van der Waals surface area contributed by atoms with Crippen molar-refractivity contribution < 1.29 is 4.79 Å². The molecule has 0 radical (unpaired) electrons. The molecule has 0 unspecified atom stereocenters. The van der Waals surface area contributed by atoms with Gasteiger partial charge in [0.25, 0.3) is 5.24 Å². The van der Waals surface area contributed by atoms with Crippen molar-refractivity contribution in [1.82, 2.24) is 0 Å². The number of hydrogen-bond donors (Lipinski definition) is 2. The molecule has 2 nitrogen and oxygen atoms in total. The summed E-state index contributed by atoms with van der Waals surface area (Å²) >= 11 is 3.66. The van der Waals surface area contributed by atoms with E-state index >= 15 is 0 Å². The third-order valence-electron chi connectivity index (χ3n) is 2.24. The van der Waals surface area contributed by atoms with Crippen LogP contribution in [0.3, 0.4) is 0 Å². The summed E-state index contributed by atoms with van der Waals surface area (Å²) in [5.74, 6) is 0. The minimum Gasteiger partial charge on any atom is -0.317 e. The fraction of sp³-hybridized carbons (Fsp3) is 0. The fourth-order valence-corrected chi connectivity index (χ4v) is 1.63. The van der Waals surface area contributed by atoms with Gasteiger partial charge in [-0.1, -0.05) is 55.1 Å². The topological polar surface area (TPSA) is 29.1 Å². The van der Waals surface area contributed by atoms with Crippen molar-refractivity contribution in [3.63, 3.8) is 0 Å². The second kappa shape index (κ2) is 4.86. The summed E-state index contributed by atoms with van der Waals surface area (Å²) < 4.78 is 0. The molecule has 80 valence electrons. The number of hydrogen-bond acceptors (Lipinski definition) is 1. The predicted octanol–water partition coefficient (Wildman–Crippen LogP) is 3.82. The molecule has 3 heteroatoms. The molecule has 0 aliphatic carbocycles. The highest BCUT2D eigenvalue weighted by Crippen LogP contribution is 2.20. The predicted molar refractivity (Wildman–Crippen MR) is 69.9 cm³/mol. The molecule has 0 fully saturated rings. The average molecular weight is 229 g/mol. The number of nitrogens with one attached hydrogen (secondary N) is 1. The Morgan fingerprint density at radius 3 is 2.00 bits per heavy atom. The van der Waals surface area contributed by atoms with Crippen LogP contribution in [0.1, 0.15) is 0 Å². The van der Waals surface area contributed by atoms with Crippen LogP contribution in [0.15, 0.2) is 54.6 Å². The van der Waals surface area contributed by atoms with E-state index in [1.165, 1.54) is 0 Å². The maximum Gasteiger partial charge on any atom is 0.280 e. The Hall–Kier alpha value is -1.74. The van der Waals surface area contributed by atoms with Gasteiger partial charge in [-0.15, -0.1) is 0 Å². The molecule has 2 aromatic carbocycles. The first-order valence-electron chi connectivity index (χ1n) is 4.91. The summed E-state index contributed by atoms with van der Waals surface area (Å²) in [6.45, 7) is 0. The Morgan fingerprint density at radius 1 is 0.875 bits per heavy atom. The maximum absolute atomic E-state index is 10.7. The number of carbonyl (C=O) groups excluding carboxylic acids is 1. The fourth-order valence-electron chi connectivity index (χ4n) is 1.50. The highest BCUT2D eigenvalue weighted by Gasteiger charge is 1.98. The standard InChI is InChI=1S/C13H11NOS/c15-13(16)14-12-8-6-11(7-9-12)10-4-2-1-3-5-10/h1-9H,(H2,14,15,16). The van der Waals surface area contributed by atoms with Crippen LogP contribution in [0.25, 0.3) is 11.1 Å². The zero-order chi connectivity index (χ0) is 11.4. The van der Waals surface area contributed by atoms with Crippen LogP contribution in [0, 0.1) is 0 Å². The summed E-state index contributed by atoms with van der Waals surface area (Å²) in [6.07, 6.45) is 0. The molecule has 2 aromatic rings. The second-order valence-electron chi connectivity index (χ2n) is 3.37. The van der Waals surface area contributed by atoms with Gasteiger partial charge in [0.2, 0.25) is 0 Å². The minimum atomic E-state index is -0.354. The Bertz CT molecular complexity index is 479. The number of amides is 1. The summed E-state index contributed by atoms with van der Waals surface area (Å²) in [5.41, 5.74) is 3.03. The summed E-state index contributed by atoms with van der Waals surface area (Å²) in [5, 5.41) is 2.25. The van der Waals surface area contributed by atoms with Crippen molar-refractivity contribution >= 4 is 23.6 Å². The maximum atomic E-state index is 10.7. The first kappa shape index (κ1) is 10.8. The molecule has 0 aliphatic heterocycles. The van der Waals surface area contributed by atoms with E-state index in [4.69, 9.17) is 0 Å². The van der Waals surface area contributed by atoms with Gasteiger partial charge in [-0.05, 0) is 23.3 Å². The molecular weight excluding hydrogens is 218 g/mol. The summed E-state index contributed by atoms with van der Waals surface area (Å²) in [4.78, 5) is 10.7. The van der Waals surface area contributed by atoms with Crippen LogP contribution in [0.5, 0.6) is 0 Å². The van der Waals surface area contributed by atoms with Gasteiger partial charge in [-0.3, -0.25) is 4.79 Å². The van der Waals surface area contributed by atoms with Gasteiger partial charge >= 0.3 is 0 Å². The lowest BCUT2D eigenvalue weighted by Crippen LogP contribution is -2.00. The first-order valence-corrected chi connectivity index (χ1v) is 5.36. The van der Waals surface area contributed by atoms with E-state index in [1.807, 2.05) is 54.6 Å². The SMILES string of the molecule is O=C(S)Nc1ccc(-c2ccccc2)cc1. The molecule has 0 saturated heterocycles. The van der Waals surface area contributed by atoms with Crippen molar-refractivity contribution in [2.75, 3.05) is 5.32 Å². The van der Waals surface area contributed by atoms with Crippen molar-refractivity contribution in [3.8, 4) is 11.1 Å². The lowest BCUT2D eigenvalue weighted by molar-refractivity contribution is 0.270. The van der Waals surface area contributed by atoms with Gasteiger partial charge in [0.05, 0.1) is 0 Å². The number of rotatable bonds is 2. The molecular formula is C13H11NOS. The molecule has 0 aliphatic rings. The van der Waals surface area contributed by atoms with E-state index in [9.17, 15) is 4.79 Å². The number of carbonyl (C=O) groups is 1. The van der Waals surface area contributed by atoms with Crippen molar-refractivity contribution in [2.24, 2.45) is 0 Å². The van der Waals surface area contributed by atoms with Crippen LogP contribution in [-0.2, 0) is 0 Å². The van der Waals surface area contributed by atoms with E-state index in [1.54, 1.807) is 0 Å². The lowest BCUT2D eigenvalue weighted by atomic mass is 10.1. The normalized spacial score (nSPS) is 9.81. The van der Waals surface area contributed by atoms with Gasteiger partial charge in [0, 0.05) is 5.69 Å². The van der Waals surface area contributed by atoms with E-state index in [2.05, 4.69) is 17.9 Å². The third kappa shape index (κ3) is 2.64. The summed E-state index contributed by atoms with van der Waals surface area (Å²) in [7, 11) is 0. The largest absolute Gasteiger partial charge is 0.317 e. The van der Waals surface area contributed by atoms with Gasteiger partial charge in [0.15, 0.2) is 0 Å². The van der Waals surface area contributed by atoms with Crippen molar-refractivity contribution in [2.45, 2.75) is 0 Å². The number of thiol groups is 1. The molecule has 1 N–H and O–H groups in total. The van der Waals surface area contributed by atoms with Gasteiger partial charge < -0.3 is 5.32 Å². The van der Waals surface area contributed by atoms with Crippen LogP contribution in [0.2, 0.25) is 0 Å². The molecule has 0 spiro atoms. The van der Waals surface area contributed by atoms with Crippen molar-refractivity contribution in [1.29, 1.82) is 0 Å². The molecule has 0 aromatic heterocycles. The monoisotopic (exact) mass is 229 g/mol. The number of anilines is 1. The zero-order valence-electron chi connectivity index (χ0n) is 8.55. The average Bonchev–Trinajstić information content (AvgIpc) is 2.30. The minimum absolute atomic E-state index is 0.354. The Labute approximate surface area is 99.7 Å². The van der Waals surface area contributed by atoms with E-state index < -0.39 is 0 Å². The van der Waals surface area contributed by atoms with Crippen molar-refractivity contribution in [3.05, 3.63) is 54.6 Å². The van der Waals surface area contributed by atoms with Crippen LogP contribution < -0.4 is 5.32 Å². The molecule has 16 heavy (non-hydrogen) atoms. The molecule has 0 bridgehead atoms. The third-order valence-corrected chi connectivity index (χ3v) is 2.36. The zero-order valence-corrected chi connectivity index (χ0v) is 9.45. The molecule has 0 atom stereocenters. The van der Waals surface area contributed by atoms with Crippen LogP contribution in [0.4, 0.5) is 10.5 Å². The highest BCUT2D eigenvalue weighted by atomic mass is 32.1. The van der Waals surface area contributed by atoms with E-state index in [-0.39, 0.29) is 5.24 Å². The Balaban J connectivity index is 2.23. The van der Waals surface area contributed by atoms with Gasteiger partial charge in [0.1, 0.15) is 0 Å². The Morgan fingerprint density at radius 2 is 1.44 bits per heavy atom. The molecule has 2 rings (SSSR count). The van der Waals surface area contributed by atoms with Crippen LogP contribution in [-0.4, -0.2) is 5.24 Å². The molecule has 1 amide bonds. The van der Waals surface area contributed by atoms with Gasteiger partial charge in [-0.25, -0.2) is 0 Å². The first-order chi connectivity index (χ1) is 7.75. The molecule has 0 heterocycles. The highest BCUT2D eigenvalue weighted by molar-refractivity contribution is 7.96. The quantitative estimate of drug-likeness (QED) is 0.753. The van der Waals surface area contributed by atoms with E-state index in [0.29, 0.717) is 0 Å². The molecule has 0 saturated carbocycles. The summed E-state index contributed by atoms with van der Waals surface area (Å²) in [6, 6.07) is 17.7. The second-order valence-corrected chi connectivity index (χ2v) is 3.78. The number of benzene rings is 2. The van der Waals surface area contributed by atoms with E-state index in [0.717, 1.165) is 16.8 Å². The van der Waals surface area contributed by atoms with Gasteiger partial charge in [-0.2, -0.15) is 0 Å². The smallest absolute Gasteiger partial charge is 0.280 e.